The van der Waals surface area contributed by atoms with E-state index in [1.165, 1.54) is 12.1 Å². The summed E-state index contributed by atoms with van der Waals surface area (Å²) in [5, 5.41) is 15.0. The third-order valence-corrected chi connectivity index (χ3v) is 3.26. The smallest absolute Gasteiger partial charge is 0.319 e. The third-order valence-electron chi connectivity index (χ3n) is 3.26. The number of nitrogens with one attached hydrogen (secondary N) is 2. The van der Waals surface area contributed by atoms with Gasteiger partial charge in [-0.05, 0) is 36.6 Å². The zero-order valence-corrected chi connectivity index (χ0v) is 12.3. The van der Waals surface area contributed by atoms with Crippen LogP contribution in [0.1, 0.15) is 23.7 Å². The number of benzene rings is 2. The Balaban J connectivity index is 1.78. The van der Waals surface area contributed by atoms with Gasteiger partial charge >= 0.3 is 6.03 Å². The Labute approximate surface area is 129 Å². The molecule has 22 heavy (non-hydrogen) atoms. The Morgan fingerprint density at radius 3 is 2.64 bits per heavy atom. The van der Waals surface area contributed by atoms with Gasteiger partial charge in [-0.3, -0.25) is 0 Å². The van der Waals surface area contributed by atoms with Crippen LogP contribution < -0.4 is 10.6 Å². The number of carbonyl (C=O) groups excluding carboxylic acids is 1. The number of rotatable bonds is 5. The summed E-state index contributed by atoms with van der Waals surface area (Å²) in [5.74, 6) is -0.473. The summed E-state index contributed by atoms with van der Waals surface area (Å²) >= 11 is 0. The summed E-state index contributed by atoms with van der Waals surface area (Å²) in [5.41, 5.74) is 1.72. The van der Waals surface area contributed by atoms with E-state index in [0.29, 0.717) is 6.42 Å². The van der Waals surface area contributed by atoms with Crippen molar-refractivity contribution in [2.75, 3.05) is 11.9 Å². The highest BCUT2D eigenvalue weighted by Gasteiger charge is 2.09. The molecule has 0 saturated carbocycles. The second-order valence-electron chi connectivity index (χ2n) is 5.08. The number of urea groups is 1. The molecule has 5 heteroatoms. The molecule has 2 amide bonds. The molecule has 116 valence electrons. The summed E-state index contributed by atoms with van der Waals surface area (Å²) in [4.78, 5) is 11.7. The zero-order valence-electron chi connectivity index (χ0n) is 12.3. The molecule has 0 aliphatic heterocycles. The maximum absolute atomic E-state index is 13.6. The van der Waals surface area contributed by atoms with Crippen molar-refractivity contribution >= 4 is 11.7 Å². The monoisotopic (exact) mass is 302 g/mol. The SMILES string of the molecule is Cc1ccc(NC(=O)NCCC(O)c2ccccc2)c(F)c1. The molecule has 0 radical (unpaired) electrons. The lowest BCUT2D eigenvalue weighted by Crippen LogP contribution is -2.30. The molecule has 0 aliphatic carbocycles. The summed E-state index contributed by atoms with van der Waals surface area (Å²) < 4.78 is 13.6. The predicted octanol–water partition coefficient (Wildman–Crippen LogP) is 3.38. The van der Waals surface area contributed by atoms with Crippen molar-refractivity contribution in [1.29, 1.82) is 0 Å². The number of carbonyl (C=O) groups is 1. The first-order chi connectivity index (χ1) is 10.6. The van der Waals surface area contributed by atoms with Crippen LogP contribution in [-0.4, -0.2) is 17.7 Å². The molecule has 0 spiro atoms. The van der Waals surface area contributed by atoms with E-state index in [1.54, 1.807) is 13.0 Å². The number of aryl methyl sites for hydroxylation is 1. The molecule has 2 aromatic rings. The van der Waals surface area contributed by atoms with Crippen LogP contribution in [0.4, 0.5) is 14.9 Å². The van der Waals surface area contributed by atoms with E-state index in [0.717, 1.165) is 11.1 Å². The third kappa shape index (κ3) is 4.56. The summed E-state index contributed by atoms with van der Waals surface area (Å²) in [6.45, 7) is 2.06. The van der Waals surface area contributed by atoms with Gasteiger partial charge in [0.05, 0.1) is 11.8 Å². The number of hydrogen-bond acceptors (Lipinski definition) is 2. The zero-order chi connectivity index (χ0) is 15.9. The maximum atomic E-state index is 13.6. The van der Waals surface area contributed by atoms with E-state index in [2.05, 4.69) is 10.6 Å². The summed E-state index contributed by atoms with van der Waals surface area (Å²) in [7, 11) is 0. The Morgan fingerprint density at radius 1 is 1.23 bits per heavy atom. The highest BCUT2D eigenvalue weighted by Crippen LogP contribution is 2.16. The van der Waals surface area contributed by atoms with Gasteiger partial charge in [0.15, 0.2) is 0 Å². The highest BCUT2D eigenvalue weighted by molar-refractivity contribution is 5.89. The van der Waals surface area contributed by atoms with Crippen molar-refractivity contribution in [2.45, 2.75) is 19.4 Å². The Hall–Kier alpha value is -2.40. The topological polar surface area (TPSA) is 61.4 Å². The quantitative estimate of drug-likeness (QED) is 0.793. The van der Waals surface area contributed by atoms with Crippen molar-refractivity contribution in [3.05, 3.63) is 65.5 Å². The number of hydrogen-bond donors (Lipinski definition) is 3. The van der Waals surface area contributed by atoms with Crippen molar-refractivity contribution in [3.63, 3.8) is 0 Å². The van der Waals surface area contributed by atoms with E-state index in [-0.39, 0.29) is 12.2 Å². The first kappa shape index (κ1) is 16.0. The van der Waals surface area contributed by atoms with Crippen LogP contribution in [0.3, 0.4) is 0 Å². The van der Waals surface area contributed by atoms with Crippen LogP contribution in [0.5, 0.6) is 0 Å². The van der Waals surface area contributed by atoms with Crippen molar-refractivity contribution in [2.24, 2.45) is 0 Å². The second kappa shape index (κ2) is 7.56. The minimum atomic E-state index is -0.641. The van der Waals surface area contributed by atoms with Gasteiger partial charge < -0.3 is 15.7 Å². The molecule has 0 fully saturated rings. The Kier molecular flexibility index (Phi) is 5.49. The average Bonchev–Trinajstić information content (AvgIpc) is 2.51. The number of aliphatic hydroxyl groups excluding tert-OH is 1. The fraction of sp³-hybridized carbons (Fsp3) is 0.235. The van der Waals surface area contributed by atoms with Crippen LogP contribution in [0, 0.1) is 12.7 Å². The molecule has 2 rings (SSSR count). The lowest BCUT2D eigenvalue weighted by molar-refractivity contribution is 0.167. The molecule has 1 unspecified atom stereocenters. The van der Waals surface area contributed by atoms with Gasteiger partial charge in [-0.15, -0.1) is 0 Å². The van der Waals surface area contributed by atoms with E-state index in [9.17, 15) is 14.3 Å². The van der Waals surface area contributed by atoms with Crippen molar-refractivity contribution < 1.29 is 14.3 Å². The van der Waals surface area contributed by atoms with E-state index in [1.807, 2.05) is 30.3 Å². The molecule has 0 bridgehead atoms. The van der Waals surface area contributed by atoms with Crippen LogP contribution in [-0.2, 0) is 0 Å². The average molecular weight is 302 g/mol. The summed E-state index contributed by atoms with van der Waals surface area (Å²) in [6.07, 6.45) is -0.258. The first-order valence-electron chi connectivity index (χ1n) is 7.10. The molecule has 2 aromatic carbocycles. The number of aliphatic hydroxyl groups is 1. The molecular weight excluding hydrogens is 283 g/mol. The van der Waals surface area contributed by atoms with Crippen molar-refractivity contribution in [3.8, 4) is 0 Å². The van der Waals surface area contributed by atoms with Gasteiger partial charge in [0.2, 0.25) is 0 Å². The fourth-order valence-corrected chi connectivity index (χ4v) is 2.05. The van der Waals surface area contributed by atoms with Crippen molar-refractivity contribution in [1.82, 2.24) is 5.32 Å². The number of amides is 2. The van der Waals surface area contributed by atoms with Gasteiger partial charge in [0.25, 0.3) is 0 Å². The molecule has 4 nitrogen and oxygen atoms in total. The molecule has 0 saturated heterocycles. The van der Waals surface area contributed by atoms with Gasteiger partial charge in [0, 0.05) is 6.54 Å². The first-order valence-corrected chi connectivity index (χ1v) is 7.10. The minimum absolute atomic E-state index is 0.131. The van der Waals surface area contributed by atoms with Gasteiger partial charge in [0.1, 0.15) is 5.82 Å². The molecule has 1 atom stereocenters. The minimum Gasteiger partial charge on any atom is -0.388 e. The fourth-order valence-electron chi connectivity index (χ4n) is 2.05. The highest BCUT2D eigenvalue weighted by atomic mass is 19.1. The van der Waals surface area contributed by atoms with Crippen LogP contribution in [0.2, 0.25) is 0 Å². The van der Waals surface area contributed by atoms with E-state index >= 15 is 0 Å². The molecule has 0 aliphatic rings. The van der Waals surface area contributed by atoms with Gasteiger partial charge in [-0.2, -0.15) is 0 Å². The second-order valence-corrected chi connectivity index (χ2v) is 5.08. The van der Waals surface area contributed by atoms with E-state index < -0.39 is 18.0 Å². The normalized spacial score (nSPS) is 11.8. The summed E-state index contributed by atoms with van der Waals surface area (Å²) in [6, 6.07) is 13.3. The molecule has 3 N–H and O–H groups in total. The maximum Gasteiger partial charge on any atom is 0.319 e. The van der Waals surface area contributed by atoms with E-state index in [4.69, 9.17) is 0 Å². The molecule has 0 aromatic heterocycles. The van der Waals surface area contributed by atoms with Gasteiger partial charge in [-0.25, -0.2) is 9.18 Å². The van der Waals surface area contributed by atoms with Crippen LogP contribution in [0.25, 0.3) is 0 Å². The number of anilines is 1. The Morgan fingerprint density at radius 2 is 1.95 bits per heavy atom. The Bertz CT molecular complexity index is 632. The van der Waals surface area contributed by atoms with Gasteiger partial charge in [-0.1, -0.05) is 36.4 Å². The van der Waals surface area contributed by atoms with Crippen LogP contribution >= 0.6 is 0 Å². The largest absolute Gasteiger partial charge is 0.388 e. The lowest BCUT2D eigenvalue weighted by atomic mass is 10.1. The standard InChI is InChI=1S/C17H19FN2O2/c1-12-7-8-15(14(18)11-12)20-17(22)19-10-9-16(21)13-5-3-2-4-6-13/h2-8,11,16,21H,9-10H2,1H3,(H2,19,20,22). The molecular formula is C17H19FN2O2. The lowest BCUT2D eigenvalue weighted by Gasteiger charge is -2.12. The number of halogens is 1. The molecule has 0 heterocycles. The van der Waals surface area contributed by atoms with Crippen LogP contribution in [0.15, 0.2) is 48.5 Å². The predicted molar refractivity (Wildman–Crippen MR) is 84.2 cm³/mol.